The number of amides is 1. The lowest BCUT2D eigenvalue weighted by molar-refractivity contribution is 0.102. The minimum Gasteiger partial charge on any atom is -0.395 e. The highest BCUT2D eigenvalue weighted by molar-refractivity contribution is 6.30. The van der Waals surface area contributed by atoms with E-state index in [-0.39, 0.29) is 12.3 Å². The summed E-state index contributed by atoms with van der Waals surface area (Å²) >= 11 is 5.91. The van der Waals surface area contributed by atoms with Crippen LogP contribution in [0, 0.1) is 11.8 Å². The Balaban J connectivity index is 2.23. The van der Waals surface area contributed by atoms with Crippen LogP contribution in [0.25, 0.3) is 0 Å². The molecule has 0 aliphatic heterocycles. The van der Waals surface area contributed by atoms with Crippen LogP contribution in [0.1, 0.15) is 22.5 Å². The highest BCUT2D eigenvalue weighted by Crippen LogP contribution is 2.20. The zero-order chi connectivity index (χ0) is 14.4. The van der Waals surface area contributed by atoms with Crippen LogP contribution in [-0.4, -0.2) is 33.0 Å². The number of nitrogens with one attached hydrogen (secondary N) is 2. The number of hydrogen-bond acceptors (Lipinski definition) is 4. The number of nitrogens with zero attached hydrogens (tertiary/aromatic N) is 2. The van der Waals surface area contributed by atoms with Gasteiger partial charge in [-0.25, -0.2) is 0 Å². The molecule has 20 heavy (non-hydrogen) atoms. The van der Waals surface area contributed by atoms with E-state index in [0.717, 1.165) is 0 Å². The number of benzene rings is 1. The molecule has 0 spiro atoms. The van der Waals surface area contributed by atoms with Gasteiger partial charge in [0.15, 0.2) is 5.69 Å². The first-order valence-corrected chi connectivity index (χ1v) is 6.15. The van der Waals surface area contributed by atoms with Crippen molar-refractivity contribution in [3.8, 4) is 11.8 Å². The van der Waals surface area contributed by atoms with E-state index in [4.69, 9.17) is 16.7 Å². The predicted molar refractivity (Wildman–Crippen MR) is 74.4 cm³/mol. The number of carbonyl (C=O) groups is 1. The second-order valence-corrected chi connectivity index (χ2v) is 4.21. The Bertz CT molecular complexity index is 659. The molecule has 7 heteroatoms. The van der Waals surface area contributed by atoms with E-state index in [1.165, 1.54) is 6.20 Å². The largest absolute Gasteiger partial charge is 0.395 e. The molecule has 1 aromatic carbocycles. The fraction of sp³-hybridized carbons (Fsp3) is 0.154. The number of aliphatic hydroxyl groups is 1. The third kappa shape index (κ3) is 3.57. The highest BCUT2D eigenvalue weighted by Gasteiger charge is 2.11. The number of anilines is 1. The molecule has 0 aliphatic rings. The topological polar surface area (TPSA) is 90.9 Å². The van der Waals surface area contributed by atoms with Crippen LogP contribution in [0.2, 0.25) is 5.02 Å². The number of aromatic amines is 1. The van der Waals surface area contributed by atoms with E-state index in [1.54, 1.807) is 18.2 Å². The molecule has 1 aromatic heterocycles. The molecule has 2 rings (SSSR count). The van der Waals surface area contributed by atoms with Crippen molar-refractivity contribution in [2.75, 3.05) is 11.9 Å². The summed E-state index contributed by atoms with van der Waals surface area (Å²) in [5.41, 5.74) is 1.27. The zero-order valence-electron chi connectivity index (χ0n) is 10.4. The van der Waals surface area contributed by atoms with Crippen LogP contribution in [0.3, 0.4) is 0 Å². The van der Waals surface area contributed by atoms with Crippen LogP contribution in [0.5, 0.6) is 0 Å². The third-order valence-electron chi connectivity index (χ3n) is 2.34. The van der Waals surface area contributed by atoms with Gasteiger partial charge in [-0.2, -0.15) is 15.4 Å². The summed E-state index contributed by atoms with van der Waals surface area (Å²) in [5, 5.41) is 21.5. The maximum atomic E-state index is 11.9. The number of hydrogen-bond donors (Lipinski definition) is 3. The molecule has 0 aliphatic carbocycles. The lowest BCUT2D eigenvalue weighted by Crippen LogP contribution is -2.13. The molecule has 0 bridgehead atoms. The van der Waals surface area contributed by atoms with E-state index in [9.17, 15) is 4.79 Å². The first kappa shape index (κ1) is 14.1. The fourth-order valence-electron chi connectivity index (χ4n) is 1.44. The molecular formula is C13H11ClN4O2. The van der Waals surface area contributed by atoms with E-state index < -0.39 is 5.91 Å². The maximum absolute atomic E-state index is 11.9. The summed E-state index contributed by atoms with van der Waals surface area (Å²) in [5.74, 6) is 5.24. The van der Waals surface area contributed by atoms with Crippen LogP contribution >= 0.6 is 11.6 Å². The Morgan fingerprint density at radius 3 is 3.05 bits per heavy atom. The molecule has 2 aromatic rings. The molecule has 0 fully saturated rings. The van der Waals surface area contributed by atoms with Crippen molar-refractivity contribution < 1.29 is 9.90 Å². The minimum atomic E-state index is -0.397. The number of H-pyrrole nitrogens is 1. The molecule has 6 nitrogen and oxygen atoms in total. The normalized spacial score (nSPS) is 9.70. The summed E-state index contributed by atoms with van der Waals surface area (Å²) in [7, 11) is 0. The maximum Gasteiger partial charge on any atom is 0.277 e. The standard InChI is InChI=1S/C13H11ClN4O2/c14-10-4-5-11(9(7-10)3-1-2-6-19)16-13(20)12-8-15-18-17-12/h4-5,7-8,19H,2,6H2,(H,16,20)(H,15,17,18). The number of aliphatic hydroxyl groups excluding tert-OH is 1. The number of halogens is 1. The van der Waals surface area contributed by atoms with Crippen LogP contribution in [0.15, 0.2) is 24.4 Å². The monoisotopic (exact) mass is 290 g/mol. The Morgan fingerprint density at radius 1 is 1.50 bits per heavy atom. The molecule has 0 atom stereocenters. The lowest BCUT2D eigenvalue weighted by Gasteiger charge is -2.06. The Morgan fingerprint density at radius 2 is 2.35 bits per heavy atom. The first-order valence-electron chi connectivity index (χ1n) is 5.77. The molecule has 0 saturated carbocycles. The predicted octanol–water partition coefficient (Wildman–Crippen LogP) is 1.44. The highest BCUT2D eigenvalue weighted by atomic mass is 35.5. The van der Waals surface area contributed by atoms with Crippen molar-refractivity contribution in [1.29, 1.82) is 0 Å². The zero-order valence-corrected chi connectivity index (χ0v) is 11.1. The van der Waals surface area contributed by atoms with E-state index in [1.807, 2.05) is 0 Å². The smallest absolute Gasteiger partial charge is 0.277 e. The van der Waals surface area contributed by atoms with Crippen LogP contribution < -0.4 is 5.32 Å². The van der Waals surface area contributed by atoms with Gasteiger partial charge in [0, 0.05) is 17.0 Å². The van der Waals surface area contributed by atoms with Crippen molar-refractivity contribution in [2.45, 2.75) is 6.42 Å². The van der Waals surface area contributed by atoms with Gasteiger partial charge in [-0.1, -0.05) is 23.4 Å². The Labute approximate surface area is 120 Å². The van der Waals surface area contributed by atoms with Crippen LogP contribution in [-0.2, 0) is 0 Å². The van der Waals surface area contributed by atoms with Gasteiger partial charge in [0.25, 0.3) is 5.91 Å². The minimum absolute atomic E-state index is 0.0196. The lowest BCUT2D eigenvalue weighted by atomic mass is 10.1. The van der Waals surface area contributed by atoms with Gasteiger partial charge in [0.1, 0.15) is 0 Å². The second kappa shape index (κ2) is 6.70. The SMILES string of the molecule is O=C(Nc1ccc(Cl)cc1C#CCCO)c1cn[nH]n1. The van der Waals surface area contributed by atoms with Gasteiger partial charge in [0.05, 0.1) is 18.5 Å². The molecule has 0 radical (unpaired) electrons. The summed E-state index contributed by atoms with van der Waals surface area (Å²) in [6.07, 6.45) is 1.67. The Kier molecular flexibility index (Phi) is 4.71. The number of rotatable bonds is 3. The average molecular weight is 291 g/mol. The fourth-order valence-corrected chi connectivity index (χ4v) is 1.61. The van der Waals surface area contributed by atoms with E-state index >= 15 is 0 Å². The summed E-state index contributed by atoms with van der Waals surface area (Å²) in [6, 6.07) is 4.95. The van der Waals surface area contributed by atoms with Gasteiger partial charge >= 0.3 is 0 Å². The second-order valence-electron chi connectivity index (χ2n) is 3.77. The van der Waals surface area contributed by atoms with Gasteiger partial charge in [-0.05, 0) is 18.2 Å². The van der Waals surface area contributed by atoms with Crippen molar-refractivity contribution in [2.24, 2.45) is 0 Å². The molecule has 0 saturated heterocycles. The van der Waals surface area contributed by atoms with Crippen molar-refractivity contribution >= 4 is 23.2 Å². The molecule has 3 N–H and O–H groups in total. The number of aromatic nitrogens is 3. The van der Waals surface area contributed by atoms with E-state index in [2.05, 4.69) is 32.6 Å². The van der Waals surface area contributed by atoms with Gasteiger partial charge in [0.2, 0.25) is 0 Å². The van der Waals surface area contributed by atoms with Gasteiger partial charge in [-0.3, -0.25) is 4.79 Å². The summed E-state index contributed by atoms with van der Waals surface area (Å²) in [6.45, 7) is -0.0196. The third-order valence-corrected chi connectivity index (χ3v) is 2.57. The first-order chi connectivity index (χ1) is 9.70. The summed E-state index contributed by atoms with van der Waals surface area (Å²) < 4.78 is 0. The Hall–Kier alpha value is -2.36. The van der Waals surface area contributed by atoms with E-state index in [0.29, 0.717) is 22.7 Å². The summed E-state index contributed by atoms with van der Waals surface area (Å²) in [4.78, 5) is 11.9. The van der Waals surface area contributed by atoms with Gasteiger partial charge < -0.3 is 10.4 Å². The average Bonchev–Trinajstić information content (AvgIpc) is 2.96. The quantitative estimate of drug-likeness (QED) is 0.746. The molecule has 102 valence electrons. The van der Waals surface area contributed by atoms with Gasteiger partial charge in [-0.15, -0.1) is 0 Å². The molecule has 1 heterocycles. The molecule has 1 amide bonds. The molecule has 0 unspecified atom stereocenters. The van der Waals surface area contributed by atoms with Crippen molar-refractivity contribution in [3.63, 3.8) is 0 Å². The number of carbonyl (C=O) groups excluding carboxylic acids is 1. The van der Waals surface area contributed by atoms with Crippen LogP contribution in [0.4, 0.5) is 5.69 Å². The van der Waals surface area contributed by atoms with Crippen molar-refractivity contribution in [1.82, 2.24) is 15.4 Å². The molecular weight excluding hydrogens is 280 g/mol. The van der Waals surface area contributed by atoms with Crippen molar-refractivity contribution in [3.05, 3.63) is 40.7 Å².